The van der Waals surface area contributed by atoms with Crippen molar-refractivity contribution in [3.63, 3.8) is 0 Å². The van der Waals surface area contributed by atoms with Gasteiger partial charge in [0.05, 0.1) is 6.54 Å². The number of aliphatic imine (C=N–C) groups is 1. The molecule has 0 radical (unpaired) electrons. The van der Waals surface area contributed by atoms with Crippen LogP contribution in [0.3, 0.4) is 0 Å². The fraction of sp³-hybridized carbons (Fsp3) is 0.333. The summed E-state index contributed by atoms with van der Waals surface area (Å²) in [5, 5.41) is 2.84. The molecule has 0 amide bonds. The number of halogens is 4. The first kappa shape index (κ1) is 22.1. The van der Waals surface area contributed by atoms with Gasteiger partial charge in [-0.1, -0.05) is 0 Å². The van der Waals surface area contributed by atoms with E-state index in [1.54, 1.807) is 6.20 Å². The van der Waals surface area contributed by atoms with Crippen LogP contribution in [-0.2, 0) is 6.54 Å². The molecule has 2 heterocycles. The van der Waals surface area contributed by atoms with Gasteiger partial charge >= 0.3 is 6.36 Å². The van der Waals surface area contributed by atoms with Gasteiger partial charge in [0.2, 0.25) is 0 Å². The number of aromatic nitrogens is 1. The van der Waals surface area contributed by atoms with Crippen LogP contribution in [0.4, 0.5) is 24.7 Å². The Morgan fingerprint density at radius 2 is 1.86 bits per heavy atom. The minimum Gasteiger partial charge on any atom is -0.406 e. The maximum absolute atomic E-state index is 12.2. The molecule has 0 saturated carbocycles. The number of guanidine groups is 1. The highest BCUT2D eigenvalue weighted by molar-refractivity contribution is 14.0. The fourth-order valence-electron chi connectivity index (χ4n) is 2.78. The Hall–Kier alpha value is -2.24. The molecule has 2 aromatic rings. The summed E-state index contributed by atoms with van der Waals surface area (Å²) < 4.78 is 40.3. The molecular weight excluding hydrogens is 486 g/mol. The van der Waals surface area contributed by atoms with E-state index in [-0.39, 0.29) is 35.7 Å². The highest BCUT2D eigenvalue weighted by Crippen LogP contribution is 2.24. The first-order chi connectivity index (χ1) is 12.9. The van der Waals surface area contributed by atoms with Gasteiger partial charge in [0.1, 0.15) is 11.6 Å². The van der Waals surface area contributed by atoms with E-state index in [0.29, 0.717) is 12.2 Å². The van der Waals surface area contributed by atoms with Gasteiger partial charge in [-0.3, -0.25) is 0 Å². The van der Waals surface area contributed by atoms with Crippen LogP contribution >= 0.6 is 24.0 Å². The third kappa shape index (κ3) is 6.73. The molecule has 10 heteroatoms. The van der Waals surface area contributed by atoms with E-state index < -0.39 is 6.36 Å². The molecule has 0 bridgehead atoms. The van der Waals surface area contributed by atoms with Crippen molar-refractivity contribution < 1.29 is 17.9 Å². The van der Waals surface area contributed by atoms with E-state index in [0.717, 1.165) is 24.5 Å². The second-order valence-corrected chi connectivity index (χ2v) is 6.12. The third-order valence-electron chi connectivity index (χ3n) is 4.03. The predicted molar refractivity (Wildman–Crippen MR) is 113 cm³/mol. The summed E-state index contributed by atoms with van der Waals surface area (Å²) in [4.78, 5) is 10.9. The largest absolute Gasteiger partial charge is 0.573 e. The zero-order valence-corrected chi connectivity index (χ0v) is 17.3. The fourth-order valence-corrected chi connectivity index (χ4v) is 2.78. The lowest BCUT2D eigenvalue weighted by Gasteiger charge is -2.16. The number of ether oxygens (including phenoxy) is 1. The SMILES string of the molecule is I.NC(=NCc1ccnc(N2CCCC2)c1)Nc1ccc(OC(F)(F)F)cc1. The highest BCUT2D eigenvalue weighted by Gasteiger charge is 2.30. The predicted octanol–water partition coefficient (Wildman–Crippen LogP) is 4.13. The van der Waals surface area contributed by atoms with Gasteiger partial charge in [0.25, 0.3) is 0 Å². The maximum Gasteiger partial charge on any atom is 0.573 e. The van der Waals surface area contributed by atoms with Crippen molar-refractivity contribution in [2.75, 3.05) is 23.3 Å². The molecule has 3 N–H and O–H groups in total. The second kappa shape index (κ2) is 9.80. The van der Waals surface area contributed by atoms with Crippen LogP contribution in [0.15, 0.2) is 47.6 Å². The van der Waals surface area contributed by atoms with Crippen LogP contribution in [-0.4, -0.2) is 30.4 Å². The van der Waals surface area contributed by atoms with Crippen LogP contribution in [0.25, 0.3) is 0 Å². The normalized spacial score (nSPS) is 14.5. The molecule has 28 heavy (non-hydrogen) atoms. The lowest BCUT2D eigenvalue weighted by Crippen LogP contribution is -2.22. The number of pyridine rings is 1. The number of nitrogens with zero attached hydrogens (tertiary/aromatic N) is 3. The first-order valence-electron chi connectivity index (χ1n) is 8.52. The van der Waals surface area contributed by atoms with E-state index in [1.807, 2.05) is 12.1 Å². The lowest BCUT2D eigenvalue weighted by molar-refractivity contribution is -0.274. The summed E-state index contributed by atoms with van der Waals surface area (Å²) in [6.07, 6.45) is -0.614. The average Bonchev–Trinajstić information content (AvgIpc) is 3.15. The second-order valence-electron chi connectivity index (χ2n) is 6.12. The van der Waals surface area contributed by atoms with Crippen molar-refractivity contribution in [1.29, 1.82) is 0 Å². The molecule has 0 aliphatic carbocycles. The van der Waals surface area contributed by atoms with Gasteiger partial charge in [-0.05, 0) is 54.8 Å². The zero-order chi connectivity index (χ0) is 19.3. The number of alkyl halides is 3. The summed E-state index contributed by atoms with van der Waals surface area (Å²) >= 11 is 0. The van der Waals surface area contributed by atoms with Crippen molar-refractivity contribution in [1.82, 2.24) is 4.98 Å². The summed E-state index contributed by atoms with van der Waals surface area (Å²) in [5.74, 6) is 0.806. The number of benzene rings is 1. The van der Waals surface area contributed by atoms with Gasteiger partial charge in [-0.25, -0.2) is 9.98 Å². The van der Waals surface area contributed by atoms with Gasteiger partial charge < -0.3 is 20.7 Å². The van der Waals surface area contributed by atoms with Crippen LogP contribution in [0, 0.1) is 0 Å². The molecule has 0 atom stereocenters. The van der Waals surface area contributed by atoms with Crippen LogP contribution in [0.5, 0.6) is 5.75 Å². The molecule has 1 aliphatic heterocycles. The number of hydrogen-bond acceptors (Lipinski definition) is 4. The molecule has 1 fully saturated rings. The van der Waals surface area contributed by atoms with Gasteiger partial charge in [0, 0.05) is 25.0 Å². The Labute approximate surface area is 178 Å². The molecule has 6 nitrogen and oxygen atoms in total. The Balaban J connectivity index is 0.00000280. The van der Waals surface area contributed by atoms with Crippen LogP contribution in [0.1, 0.15) is 18.4 Å². The number of anilines is 2. The summed E-state index contributed by atoms with van der Waals surface area (Å²) in [6.45, 7) is 2.40. The third-order valence-corrected chi connectivity index (χ3v) is 4.03. The lowest BCUT2D eigenvalue weighted by atomic mass is 10.2. The first-order valence-corrected chi connectivity index (χ1v) is 8.52. The van der Waals surface area contributed by atoms with Crippen molar-refractivity contribution in [3.05, 3.63) is 48.2 Å². The number of hydrogen-bond donors (Lipinski definition) is 2. The van der Waals surface area contributed by atoms with Gasteiger partial charge in [-0.15, -0.1) is 37.1 Å². The minimum atomic E-state index is -4.71. The maximum atomic E-state index is 12.2. The molecule has 0 unspecified atom stereocenters. The Morgan fingerprint density at radius 1 is 1.18 bits per heavy atom. The quantitative estimate of drug-likeness (QED) is 0.362. The smallest absolute Gasteiger partial charge is 0.406 e. The molecule has 1 aromatic heterocycles. The zero-order valence-electron chi connectivity index (χ0n) is 14.9. The van der Waals surface area contributed by atoms with E-state index in [2.05, 4.69) is 24.9 Å². The molecule has 0 spiro atoms. The van der Waals surface area contributed by atoms with E-state index >= 15 is 0 Å². The summed E-state index contributed by atoms with van der Waals surface area (Å²) in [7, 11) is 0. The highest BCUT2D eigenvalue weighted by atomic mass is 127. The molecule has 3 rings (SSSR count). The van der Waals surface area contributed by atoms with Crippen molar-refractivity contribution >= 4 is 41.4 Å². The molecule has 1 saturated heterocycles. The Morgan fingerprint density at radius 3 is 2.50 bits per heavy atom. The summed E-state index contributed by atoms with van der Waals surface area (Å²) in [6, 6.07) is 9.14. The van der Waals surface area contributed by atoms with Crippen LogP contribution in [0.2, 0.25) is 0 Å². The van der Waals surface area contributed by atoms with Gasteiger partial charge in [-0.2, -0.15) is 0 Å². The standard InChI is InChI=1S/C18H20F3N5O.HI/c19-18(20,21)27-15-5-3-14(4-6-15)25-17(22)24-12-13-7-8-23-16(11-13)26-9-1-2-10-26;/h3-8,11H,1-2,9-10,12H2,(H3,22,24,25);1H. The molecular formula is C18H21F3IN5O. The van der Waals surface area contributed by atoms with Crippen LogP contribution < -0.4 is 20.7 Å². The number of nitrogens with one attached hydrogen (secondary N) is 1. The van der Waals surface area contributed by atoms with Crippen molar-refractivity contribution in [3.8, 4) is 5.75 Å². The molecule has 1 aromatic carbocycles. The van der Waals surface area contributed by atoms with E-state index in [4.69, 9.17) is 5.73 Å². The number of nitrogens with two attached hydrogens (primary N) is 1. The van der Waals surface area contributed by atoms with Crippen molar-refractivity contribution in [2.24, 2.45) is 10.7 Å². The van der Waals surface area contributed by atoms with E-state index in [1.165, 1.54) is 37.1 Å². The van der Waals surface area contributed by atoms with Gasteiger partial charge in [0.15, 0.2) is 5.96 Å². The monoisotopic (exact) mass is 507 g/mol. The molecule has 152 valence electrons. The topological polar surface area (TPSA) is 75.8 Å². The average molecular weight is 507 g/mol. The summed E-state index contributed by atoms with van der Waals surface area (Å²) in [5.41, 5.74) is 7.34. The van der Waals surface area contributed by atoms with E-state index in [9.17, 15) is 13.2 Å². The van der Waals surface area contributed by atoms with Crippen molar-refractivity contribution in [2.45, 2.75) is 25.7 Å². The minimum absolute atomic E-state index is 0. The Bertz CT molecular complexity index is 793. The number of rotatable bonds is 5. The Kier molecular flexibility index (Phi) is 7.72. The molecule has 1 aliphatic rings.